The molecule has 9 heteroatoms. The van der Waals surface area contributed by atoms with Gasteiger partial charge in [0.2, 0.25) is 5.91 Å². The number of halogens is 3. The lowest BCUT2D eigenvalue weighted by atomic mass is 10.1. The zero-order valence-electron chi connectivity index (χ0n) is 14.7. The standard InChI is InChI=1S/C19H15ClF2N4O2/c1-10(13-3-2-11(7-23)4-15(13)21)24-18(27)9-26-8-14-16(22)5-12(20)6-17(14)25-19(26)28/h2-6,10H,8-9H2,1H3,(H,24,27)(H,25,28)/t10-/m1/s1. The van der Waals surface area contributed by atoms with Crippen LogP contribution in [0.3, 0.4) is 0 Å². The van der Waals surface area contributed by atoms with E-state index in [1.165, 1.54) is 18.2 Å². The quantitative estimate of drug-likeness (QED) is 0.814. The van der Waals surface area contributed by atoms with Crippen molar-refractivity contribution in [1.29, 1.82) is 5.26 Å². The van der Waals surface area contributed by atoms with Crippen LogP contribution in [-0.4, -0.2) is 23.4 Å². The number of fused-ring (bicyclic) bond motifs is 1. The van der Waals surface area contributed by atoms with Crippen LogP contribution in [0.15, 0.2) is 30.3 Å². The van der Waals surface area contributed by atoms with Crippen LogP contribution in [0.25, 0.3) is 0 Å². The number of benzene rings is 2. The Morgan fingerprint density at radius 2 is 2.11 bits per heavy atom. The number of urea groups is 1. The number of carbonyl (C=O) groups excluding carboxylic acids is 2. The summed E-state index contributed by atoms with van der Waals surface area (Å²) >= 11 is 5.78. The van der Waals surface area contributed by atoms with Crippen LogP contribution in [0.5, 0.6) is 0 Å². The molecule has 3 amide bonds. The topological polar surface area (TPSA) is 85.2 Å². The molecule has 2 aromatic carbocycles. The van der Waals surface area contributed by atoms with Gasteiger partial charge in [0.1, 0.15) is 18.2 Å². The highest BCUT2D eigenvalue weighted by atomic mass is 35.5. The maximum Gasteiger partial charge on any atom is 0.322 e. The summed E-state index contributed by atoms with van der Waals surface area (Å²) in [6, 6.07) is 7.10. The van der Waals surface area contributed by atoms with E-state index in [1.807, 2.05) is 6.07 Å². The second-order valence-corrected chi connectivity index (χ2v) is 6.77. The summed E-state index contributed by atoms with van der Waals surface area (Å²) in [6.45, 7) is 1.14. The number of hydrogen-bond acceptors (Lipinski definition) is 3. The van der Waals surface area contributed by atoms with E-state index >= 15 is 0 Å². The number of nitrogens with one attached hydrogen (secondary N) is 2. The Labute approximate surface area is 164 Å². The van der Waals surface area contributed by atoms with E-state index in [0.29, 0.717) is 0 Å². The molecule has 2 N–H and O–H groups in total. The normalized spacial score (nSPS) is 14.0. The largest absolute Gasteiger partial charge is 0.348 e. The van der Waals surface area contributed by atoms with E-state index in [4.69, 9.17) is 16.9 Å². The predicted octanol–water partition coefficient (Wildman–Crippen LogP) is 3.71. The predicted molar refractivity (Wildman–Crippen MR) is 98.5 cm³/mol. The molecule has 0 spiro atoms. The second-order valence-electron chi connectivity index (χ2n) is 6.34. The van der Waals surface area contributed by atoms with Crippen LogP contribution in [0, 0.1) is 23.0 Å². The highest BCUT2D eigenvalue weighted by molar-refractivity contribution is 6.31. The average Bonchev–Trinajstić information content (AvgIpc) is 2.62. The number of carbonyl (C=O) groups is 2. The van der Waals surface area contributed by atoms with Gasteiger partial charge in [-0.05, 0) is 31.2 Å². The monoisotopic (exact) mass is 404 g/mol. The number of hydrogen-bond donors (Lipinski definition) is 2. The van der Waals surface area contributed by atoms with Gasteiger partial charge in [-0.15, -0.1) is 0 Å². The van der Waals surface area contributed by atoms with Crippen molar-refractivity contribution in [3.8, 4) is 6.07 Å². The number of rotatable bonds is 4. The summed E-state index contributed by atoms with van der Waals surface area (Å²) in [4.78, 5) is 25.6. The van der Waals surface area contributed by atoms with Crippen LogP contribution in [-0.2, 0) is 11.3 Å². The van der Waals surface area contributed by atoms with Crippen LogP contribution >= 0.6 is 11.6 Å². The molecule has 0 saturated heterocycles. The number of amides is 3. The zero-order chi connectivity index (χ0) is 20.4. The first-order valence-corrected chi connectivity index (χ1v) is 8.69. The van der Waals surface area contributed by atoms with Gasteiger partial charge in [-0.25, -0.2) is 13.6 Å². The van der Waals surface area contributed by atoms with Gasteiger partial charge < -0.3 is 15.5 Å². The molecule has 0 unspecified atom stereocenters. The third-order valence-electron chi connectivity index (χ3n) is 4.35. The van der Waals surface area contributed by atoms with Crippen molar-refractivity contribution >= 4 is 29.2 Å². The molecule has 1 atom stereocenters. The number of nitrogens with zero attached hydrogens (tertiary/aromatic N) is 2. The first kappa shape index (κ1) is 19.6. The Hall–Kier alpha value is -3.18. The van der Waals surface area contributed by atoms with E-state index in [1.54, 1.807) is 6.92 Å². The lowest BCUT2D eigenvalue weighted by Gasteiger charge is -2.29. The molecule has 1 aliphatic rings. The highest BCUT2D eigenvalue weighted by Crippen LogP contribution is 2.29. The van der Waals surface area contributed by atoms with Crippen molar-refractivity contribution in [2.45, 2.75) is 19.5 Å². The third kappa shape index (κ3) is 4.05. The molecule has 0 saturated carbocycles. The van der Waals surface area contributed by atoms with E-state index in [-0.39, 0.29) is 40.5 Å². The molecule has 2 aromatic rings. The lowest BCUT2D eigenvalue weighted by molar-refractivity contribution is -0.122. The minimum Gasteiger partial charge on any atom is -0.348 e. The fourth-order valence-corrected chi connectivity index (χ4v) is 3.15. The second kappa shape index (κ2) is 7.82. The van der Waals surface area contributed by atoms with Gasteiger partial charge in [0.25, 0.3) is 0 Å². The first-order valence-electron chi connectivity index (χ1n) is 8.31. The van der Waals surface area contributed by atoms with Crippen molar-refractivity contribution in [2.75, 3.05) is 11.9 Å². The molecule has 0 bridgehead atoms. The van der Waals surface area contributed by atoms with Gasteiger partial charge in [0.05, 0.1) is 29.9 Å². The van der Waals surface area contributed by atoms with Crippen LogP contribution in [0.2, 0.25) is 5.02 Å². The van der Waals surface area contributed by atoms with E-state index < -0.39 is 29.6 Å². The van der Waals surface area contributed by atoms with E-state index in [9.17, 15) is 18.4 Å². The molecule has 1 heterocycles. The van der Waals surface area contributed by atoms with Gasteiger partial charge >= 0.3 is 6.03 Å². The van der Waals surface area contributed by atoms with E-state index in [0.717, 1.165) is 17.0 Å². The van der Waals surface area contributed by atoms with Crippen LogP contribution < -0.4 is 10.6 Å². The van der Waals surface area contributed by atoms with Crippen LogP contribution in [0.1, 0.15) is 29.7 Å². The Morgan fingerprint density at radius 3 is 2.79 bits per heavy atom. The third-order valence-corrected chi connectivity index (χ3v) is 4.56. The SMILES string of the molecule is C[C@@H](NC(=O)CN1Cc2c(F)cc(Cl)cc2NC1=O)c1ccc(C#N)cc1F. The molecule has 0 aromatic heterocycles. The summed E-state index contributed by atoms with van der Waals surface area (Å²) in [5.74, 6) is -1.74. The minimum absolute atomic E-state index is 0.100. The molecule has 28 heavy (non-hydrogen) atoms. The van der Waals surface area contributed by atoms with Gasteiger partial charge in [-0.3, -0.25) is 4.79 Å². The fourth-order valence-electron chi connectivity index (χ4n) is 2.95. The van der Waals surface area contributed by atoms with Gasteiger partial charge in [-0.1, -0.05) is 17.7 Å². The van der Waals surface area contributed by atoms with Gasteiger partial charge in [-0.2, -0.15) is 5.26 Å². The van der Waals surface area contributed by atoms with E-state index in [2.05, 4.69) is 10.6 Å². The maximum atomic E-state index is 14.1. The van der Waals surface area contributed by atoms with Gasteiger partial charge in [0, 0.05) is 16.1 Å². The zero-order valence-corrected chi connectivity index (χ0v) is 15.5. The Morgan fingerprint density at radius 1 is 1.36 bits per heavy atom. The molecule has 6 nitrogen and oxygen atoms in total. The van der Waals surface area contributed by atoms with Crippen molar-refractivity contribution in [1.82, 2.24) is 10.2 Å². The number of nitriles is 1. The molecule has 1 aliphatic heterocycles. The molecular weight excluding hydrogens is 390 g/mol. The highest BCUT2D eigenvalue weighted by Gasteiger charge is 2.27. The summed E-state index contributed by atoms with van der Waals surface area (Å²) < 4.78 is 28.2. The smallest absolute Gasteiger partial charge is 0.322 e. The molecular formula is C19H15ClF2N4O2. The van der Waals surface area contributed by atoms with Gasteiger partial charge in [0.15, 0.2) is 0 Å². The Kier molecular flexibility index (Phi) is 5.47. The summed E-state index contributed by atoms with van der Waals surface area (Å²) in [5.41, 5.74) is 0.870. The molecule has 144 valence electrons. The summed E-state index contributed by atoms with van der Waals surface area (Å²) in [6.07, 6.45) is 0. The Balaban J connectivity index is 1.68. The first-order chi connectivity index (χ1) is 13.3. The summed E-state index contributed by atoms with van der Waals surface area (Å²) in [5, 5.41) is 14.0. The van der Waals surface area contributed by atoms with Crippen molar-refractivity contribution in [3.05, 3.63) is 63.7 Å². The summed E-state index contributed by atoms with van der Waals surface area (Å²) in [7, 11) is 0. The van der Waals surface area contributed by atoms with Crippen molar-refractivity contribution < 1.29 is 18.4 Å². The van der Waals surface area contributed by atoms with Crippen molar-refractivity contribution in [2.24, 2.45) is 0 Å². The van der Waals surface area contributed by atoms with Crippen LogP contribution in [0.4, 0.5) is 19.3 Å². The average molecular weight is 405 g/mol. The molecule has 0 radical (unpaired) electrons. The lowest BCUT2D eigenvalue weighted by Crippen LogP contribution is -2.45. The number of anilines is 1. The van der Waals surface area contributed by atoms with Crippen molar-refractivity contribution in [3.63, 3.8) is 0 Å². The Bertz CT molecular complexity index is 1010. The fraction of sp³-hybridized carbons (Fsp3) is 0.211. The molecule has 0 aliphatic carbocycles. The minimum atomic E-state index is -0.684. The molecule has 0 fully saturated rings. The molecule has 3 rings (SSSR count). The maximum absolute atomic E-state index is 14.1.